The van der Waals surface area contributed by atoms with Gasteiger partial charge in [-0.15, -0.1) is 0 Å². The van der Waals surface area contributed by atoms with E-state index in [2.05, 4.69) is 26.1 Å². The third kappa shape index (κ3) is 4.24. The van der Waals surface area contributed by atoms with Gasteiger partial charge >= 0.3 is 5.69 Å². The number of non-ortho nitro benzene ring substituents is 1. The van der Waals surface area contributed by atoms with E-state index in [0.29, 0.717) is 11.4 Å². The van der Waals surface area contributed by atoms with Crippen molar-refractivity contribution in [1.29, 1.82) is 0 Å². The number of rotatable bonds is 7. The van der Waals surface area contributed by atoms with Crippen LogP contribution < -0.4 is 16.2 Å². The van der Waals surface area contributed by atoms with Crippen LogP contribution in [0.15, 0.2) is 54.9 Å². The monoisotopic (exact) mass is 385 g/mol. The van der Waals surface area contributed by atoms with Crippen molar-refractivity contribution in [3.8, 4) is 0 Å². The summed E-state index contributed by atoms with van der Waals surface area (Å²) in [6.45, 7) is 0. The van der Waals surface area contributed by atoms with E-state index in [4.69, 9.17) is 0 Å². The Hall–Kier alpha value is -4.35. The van der Waals surface area contributed by atoms with E-state index < -0.39 is 21.4 Å². The zero-order valence-electron chi connectivity index (χ0n) is 14.0. The number of hydrogen-bond acceptors (Lipinski definition) is 9. The highest BCUT2D eigenvalue weighted by Gasteiger charge is 2.23. The summed E-state index contributed by atoms with van der Waals surface area (Å²) in [6, 6.07) is 10.6. The van der Waals surface area contributed by atoms with Crippen LogP contribution in [0.1, 0.15) is 0 Å². The van der Waals surface area contributed by atoms with Gasteiger partial charge in [0.2, 0.25) is 11.6 Å². The largest absolute Gasteiger partial charge is 0.355 e. The first-order chi connectivity index (χ1) is 13.4. The maximum absolute atomic E-state index is 13.0. The van der Waals surface area contributed by atoms with Crippen molar-refractivity contribution >= 4 is 34.4 Å². The van der Waals surface area contributed by atoms with Crippen LogP contribution in [0.4, 0.5) is 38.8 Å². The molecule has 0 spiro atoms. The van der Waals surface area contributed by atoms with Gasteiger partial charge in [0.25, 0.3) is 5.69 Å². The molecule has 0 saturated carbocycles. The lowest BCUT2D eigenvalue weighted by atomic mass is 10.3. The molecule has 0 amide bonds. The van der Waals surface area contributed by atoms with Gasteiger partial charge in [0.05, 0.1) is 15.5 Å². The number of nitrogens with zero attached hydrogens (tertiary/aromatic N) is 4. The van der Waals surface area contributed by atoms with E-state index >= 15 is 0 Å². The van der Waals surface area contributed by atoms with Gasteiger partial charge in [-0.3, -0.25) is 31.1 Å². The highest BCUT2D eigenvalue weighted by molar-refractivity contribution is 5.74. The number of aromatic nitrogens is 2. The highest BCUT2D eigenvalue weighted by Crippen LogP contribution is 2.31. The van der Waals surface area contributed by atoms with E-state index in [1.165, 1.54) is 48.5 Å². The van der Waals surface area contributed by atoms with Gasteiger partial charge in [-0.1, -0.05) is 0 Å². The lowest BCUT2D eigenvalue weighted by Gasteiger charge is -2.11. The highest BCUT2D eigenvalue weighted by atomic mass is 19.1. The minimum atomic E-state index is -0.675. The summed E-state index contributed by atoms with van der Waals surface area (Å²) in [6.07, 6.45) is 1.11. The maximum Gasteiger partial charge on any atom is 0.355 e. The van der Waals surface area contributed by atoms with Gasteiger partial charge in [0.1, 0.15) is 12.1 Å². The van der Waals surface area contributed by atoms with Crippen LogP contribution in [0.2, 0.25) is 0 Å². The summed E-state index contributed by atoms with van der Waals surface area (Å²) in [5.41, 5.74) is 5.55. The van der Waals surface area contributed by atoms with E-state index in [1.54, 1.807) is 0 Å². The molecule has 0 unspecified atom stereocenters. The number of nitrogens with one attached hydrogen (secondary N) is 3. The fourth-order valence-corrected chi connectivity index (χ4v) is 2.20. The Bertz CT molecular complexity index is 1010. The third-order valence-electron chi connectivity index (χ3n) is 3.52. The van der Waals surface area contributed by atoms with Gasteiger partial charge in [-0.25, -0.2) is 14.4 Å². The minimum absolute atomic E-state index is 0.0932. The molecule has 142 valence electrons. The summed E-state index contributed by atoms with van der Waals surface area (Å²) in [5.74, 6) is -0.681. The van der Waals surface area contributed by atoms with E-state index in [0.717, 1.165) is 6.33 Å². The molecular weight excluding hydrogens is 373 g/mol. The Morgan fingerprint density at radius 1 is 0.786 bits per heavy atom. The quantitative estimate of drug-likeness (QED) is 0.409. The van der Waals surface area contributed by atoms with Crippen LogP contribution in [0.3, 0.4) is 0 Å². The van der Waals surface area contributed by atoms with Gasteiger partial charge in [-0.2, -0.15) is 0 Å². The first-order valence-corrected chi connectivity index (χ1v) is 7.72. The lowest BCUT2D eigenvalue weighted by Crippen LogP contribution is -2.13. The topological polar surface area (TPSA) is 148 Å². The summed E-state index contributed by atoms with van der Waals surface area (Å²) in [5, 5.41) is 24.9. The second-order valence-corrected chi connectivity index (χ2v) is 5.36. The lowest BCUT2D eigenvalue weighted by molar-refractivity contribution is -0.384. The van der Waals surface area contributed by atoms with Crippen LogP contribution in [-0.2, 0) is 0 Å². The fourth-order valence-electron chi connectivity index (χ4n) is 2.20. The standard InChI is InChI=1S/C16H12FN7O4/c17-10-1-3-11(4-2-10)20-15-14(24(27)28)16(19-9-18-15)22-21-12-5-7-13(8-6-12)23(25)26/h1-9,21H,(H2,18,19,20,22). The molecule has 0 bridgehead atoms. The summed E-state index contributed by atoms with van der Waals surface area (Å²) < 4.78 is 13.0. The molecule has 28 heavy (non-hydrogen) atoms. The molecule has 0 radical (unpaired) electrons. The number of hydrogen-bond donors (Lipinski definition) is 3. The van der Waals surface area contributed by atoms with Crippen molar-refractivity contribution in [3.63, 3.8) is 0 Å². The van der Waals surface area contributed by atoms with Crippen molar-refractivity contribution in [1.82, 2.24) is 9.97 Å². The van der Waals surface area contributed by atoms with Crippen molar-refractivity contribution in [2.24, 2.45) is 0 Å². The van der Waals surface area contributed by atoms with Crippen LogP contribution in [0, 0.1) is 26.0 Å². The first kappa shape index (κ1) is 18.4. The predicted molar refractivity (Wildman–Crippen MR) is 98.7 cm³/mol. The predicted octanol–water partition coefficient (Wildman–Crippen LogP) is 3.61. The van der Waals surface area contributed by atoms with Crippen LogP contribution in [0.25, 0.3) is 0 Å². The molecular formula is C16H12FN7O4. The average molecular weight is 385 g/mol. The molecule has 3 N–H and O–H groups in total. The number of nitro groups is 2. The Balaban J connectivity index is 1.81. The van der Waals surface area contributed by atoms with Crippen molar-refractivity contribution < 1.29 is 14.2 Å². The van der Waals surface area contributed by atoms with Gasteiger partial charge in [0, 0.05) is 17.8 Å². The smallest absolute Gasteiger partial charge is 0.334 e. The summed E-state index contributed by atoms with van der Waals surface area (Å²) >= 11 is 0. The Morgan fingerprint density at radius 3 is 2.00 bits per heavy atom. The molecule has 0 aliphatic rings. The molecule has 0 saturated heterocycles. The summed E-state index contributed by atoms with van der Waals surface area (Å²) in [7, 11) is 0. The van der Waals surface area contributed by atoms with Gasteiger partial charge in [-0.05, 0) is 36.4 Å². The number of halogens is 1. The fraction of sp³-hybridized carbons (Fsp3) is 0. The van der Waals surface area contributed by atoms with Crippen LogP contribution >= 0.6 is 0 Å². The minimum Gasteiger partial charge on any atom is -0.334 e. The molecule has 0 aliphatic heterocycles. The van der Waals surface area contributed by atoms with Crippen molar-refractivity contribution in [2.75, 3.05) is 16.2 Å². The number of anilines is 4. The Morgan fingerprint density at radius 2 is 1.39 bits per heavy atom. The second kappa shape index (κ2) is 7.90. The van der Waals surface area contributed by atoms with E-state index in [1.807, 2.05) is 0 Å². The first-order valence-electron chi connectivity index (χ1n) is 7.72. The van der Waals surface area contributed by atoms with Crippen LogP contribution in [-0.4, -0.2) is 19.8 Å². The zero-order chi connectivity index (χ0) is 20.1. The normalized spacial score (nSPS) is 10.2. The molecule has 11 nitrogen and oxygen atoms in total. The Kier molecular flexibility index (Phi) is 5.21. The SMILES string of the molecule is O=[N+]([O-])c1ccc(NNc2ncnc(Nc3ccc(F)cc3)c2[N+](=O)[O-])cc1. The molecule has 0 fully saturated rings. The van der Waals surface area contributed by atoms with E-state index in [-0.39, 0.29) is 17.3 Å². The number of benzene rings is 2. The molecule has 2 aromatic carbocycles. The zero-order valence-corrected chi connectivity index (χ0v) is 14.0. The molecule has 0 atom stereocenters. The molecule has 3 rings (SSSR count). The second-order valence-electron chi connectivity index (χ2n) is 5.36. The Labute approximate surface area is 156 Å². The molecule has 1 heterocycles. The van der Waals surface area contributed by atoms with Crippen molar-refractivity contribution in [3.05, 3.63) is 80.9 Å². The number of hydrazine groups is 1. The molecule has 0 aliphatic carbocycles. The third-order valence-corrected chi connectivity index (χ3v) is 3.52. The maximum atomic E-state index is 13.0. The van der Waals surface area contributed by atoms with Crippen LogP contribution in [0.5, 0.6) is 0 Å². The van der Waals surface area contributed by atoms with E-state index in [9.17, 15) is 24.6 Å². The summed E-state index contributed by atoms with van der Waals surface area (Å²) in [4.78, 5) is 28.7. The average Bonchev–Trinajstić information content (AvgIpc) is 2.68. The molecule has 3 aromatic rings. The van der Waals surface area contributed by atoms with Gasteiger partial charge in [0.15, 0.2) is 0 Å². The van der Waals surface area contributed by atoms with Gasteiger partial charge < -0.3 is 5.32 Å². The molecule has 1 aromatic heterocycles. The number of nitro benzene ring substituents is 1. The van der Waals surface area contributed by atoms with Crippen molar-refractivity contribution in [2.45, 2.75) is 0 Å². The molecule has 12 heteroatoms.